The van der Waals surface area contributed by atoms with Crippen molar-refractivity contribution in [2.24, 2.45) is 16.3 Å². The molecule has 0 unspecified atom stereocenters. The van der Waals surface area contributed by atoms with Crippen molar-refractivity contribution in [3.05, 3.63) is 0 Å². The second kappa shape index (κ2) is 7.10. The number of amidine groups is 1. The van der Waals surface area contributed by atoms with Crippen molar-refractivity contribution < 1.29 is 9.94 Å². The summed E-state index contributed by atoms with van der Waals surface area (Å²) in [7, 11) is 0. The molecular formula is C14H29N3O2. The van der Waals surface area contributed by atoms with Gasteiger partial charge in [0.25, 0.3) is 0 Å². The van der Waals surface area contributed by atoms with E-state index in [4.69, 9.17) is 15.7 Å². The molecule has 0 spiro atoms. The van der Waals surface area contributed by atoms with E-state index in [9.17, 15) is 0 Å². The summed E-state index contributed by atoms with van der Waals surface area (Å²) in [5, 5.41) is 11.8. The lowest BCUT2D eigenvalue weighted by Gasteiger charge is -2.35. The summed E-state index contributed by atoms with van der Waals surface area (Å²) < 4.78 is 5.72. The van der Waals surface area contributed by atoms with Gasteiger partial charge in [-0.1, -0.05) is 25.4 Å². The molecule has 1 aliphatic heterocycles. The molecule has 0 aromatic rings. The molecule has 0 bridgehead atoms. The molecule has 5 nitrogen and oxygen atoms in total. The maximum absolute atomic E-state index is 8.73. The Morgan fingerprint density at radius 2 is 1.89 bits per heavy atom. The molecule has 19 heavy (non-hydrogen) atoms. The van der Waals surface area contributed by atoms with Crippen LogP contribution in [-0.2, 0) is 4.74 Å². The highest BCUT2D eigenvalue weighted by Gasteiger charge is 2.24. The Hall–Kier alpha value is -0.810. The van der Waals surface area contributed by atoms with Gasteiger partial charge in [0.1, 0.15) is 5.84 Å². The zero-order valence-corrected chi connectivity index (χ0v) is 12.7. The minimum Gasteiger partial charge on any atom is -0.409 e. The first-order valence-corrected chi connectivity index (χ1v) is 7.21. The molecule has 0 saturated carbocycles. The van der Waals surface area contributed by atoms with Gasteiger partial charge in [-0.3, -0.25) is 4.90 Å². The Morgan fingerprint density at radius 3 is 2.42 bits per heavy atom. The van der Waals surface area contributed by atoms with Crippen LogP contribution >= 0.6 is 0 Å². The SMILES string of the molecule is C[C@@H]1CN(CCCCC(C)(C)C(N)=NO)C[C@H](C)O1. The fraction of sp³-hybridized carbons (Fsp3) is 0.929. The van der Waals surface area contributed by atoms with E-state index in [-0.39, 0.29) is 5.41 Å². The molecule has 0 amide bonds. The van der Waals surface area contributed by atoms with Crippen molar-refractivity contribution in [1.29, 1.82) is 0 Å². The van der Waals surface area contributed by atoms with Gasteiger partial charge in [-0.25, -0.2) is 0 Å². The zero-order valence-electron chi connectivity index (χ0n) is 12.7. The molecule has 3 N–H and O–H groups in total. The molecule has 112 valence electrons. The number of hydrogen-bond donors (Lipinski definition) is 2. The van der Waals surface area contributed by atoms with Gasteiger partial charge >= 0.3 is 0 Å². The molecule has 1 fully saturated rings. The first-order chi connectivity index (χ1) is 8.85. The normalized spacial score (nSPS) is 26.6. The number of unbranched alkanes of at least 4 members (excludes halogenated alkanes) is 1. The van der Waals surface area contributed by atoms with E-state index >= 15 is 0 Å². The third kappa shape index (κ3) is 5.37. The maximum Gasteiger partial charge on any atom is 0.144 e. The van der Waals surface area contributed by atoms with Crippen LogP contribution in [0.15, 0.2) is 5.16 Å². The van der Waals surface area contributed by atoms with Crippen LogP contribution in [0.25, 0.3) is 0 Å². The van der Waals surface area contributed by atoms with E-state index in [1.54, 1.807) is 0 Å². The predicted molar refractivity (Wildman–Crippen MR) is 77.5 cm³/mol. The summed E-state index contributed by atoms with van der Waals surface area (Å²) in [6.45, 7) is 11.4. The second-order valence-electron chi connectivity index (χ2n) is 6.34. The Labute approximate surface area is 116 Å². The summed E-state index contributed by atoms with van der Waals surface area (Å²) in [5.74, 6) is 0.320. The lowest BCUT2D eigenvalue weighted by atomic mass is 9.86. The van der Waals surface area contributed by atoms with Gasteiger partial charge in [0.15, 0.2) is 0 Å². The fourth-order valence-electron chi connectivity index (χ4n) is 2.63. The Morgan fingerprint density at radius 1 is 1.32 bits per heavy atom. The number of morpholine rings is 1. The third-order valence-corrected chi connectivity index (χ3v) is 3.82. The molecule has 5 heteroatoms. The number of nitrogens with two attached hydrogens (primary N) is 1. The highest BCUT2D eigenvalue weighted by Crippen LogP contribution is 2.23. The smallest absolute Gasteiger partial charge is 0.144 e. The zero-order chi connectivity index (χ0) is 14.5. The van der Waals surface area contributed by atoms with Crippen LogP contribution in [0.3, 0.4) is 0 Å². The van der Waals surface area contributed by atoms with Crippen LogP contribution < -0.4 is 5.73 Å². The van der Waals surface area contributed by atoms with Crippen molar-refractivity contribution in [1.82, 2.24) is 4.90 Å². The van der Waals surface area contributed by atoms with Gasteiger partial charge in [-0.05, 0) is 33.2 Å². The van der Waals surface area contributed by atoms with Crippen LogP contribution in [0.4, 0.5) is 0 Å². The van der Waals surface area contributed by atoms with Gasteiger partial charge in [0, 0.05) is 18.5 Å². The van der Waals surface area contributed by atoms with Gasteiger partial charge in [0.2, 0.25) is 0 Å². The molecule has 0 aliphatic carbocycles. The standard InChI is InChI=1S/C14H29N3O2/c1-11-9-17(10-12(2)19-11)8-6-5-7-14(3,4)13(15)16-18/h11-12,18H,5-10H2,1-4H3,(H2,15,16)/t11-,12+. The quantitative estimate of drug-likeness (QED) is 0.255. The first-order valence-electron chi connectivity index (χ1n) is 7.21. The van der Waals surface area contributed by atoms with Crippen molar-refractivity contribution >= 4 is 5.84 Å². The van der Waals surface area contributed by atoms with Crippen LogP contribution in [0.2, 0.25) is 0 Å². The Balaban J connectivity index is 2.24. The summed E-state index contributed by atoms with van der Waals surface area (Å²) in [6, 6.07) is 0. The van der Waals surface area contributed by atoms with E-state index < -0.39 is 0 Å². The minimum atomic E-state index is -0.222. The van der Waals surface area contributed by atoms with Crippen molar-refractivity contribution in [3.63, 3.8) is 0 Å². The molecule has 1 heterocycles. The largest absolute Gasteiger partial charge is 0.409 e. The van der Waals surface area contributed by atoms with Crippen LogP contribution in [0.5, 0.6) is 0 Å². The van der Waals surface area contributed by atoms with Gasteiger partial charge in [-0.15, -0.1) is 0 Å². The average Bonchev–Trinajstić information content (AvgIpc) is 2.32. The molecule has 1 saturated heterocycles. The monoisotopic (exact) mass is 271 g/mol. The predicted octanol–water partition coefficient (Wildman–Crippen LogP) is 2.04. The van der Waals surface area contributed by atoms with Crippen LogP contribution in [0, 0.1) is 5.41 Å². The number of ether oxygens (including phenoxy) is 1. The highest BCUT2D eigenvalue weighted by atomic mass is 16.5. The first kappa shape index (κ1) is 16.2. The maximum atomic E-state index is 8.73. The van der Waals surface area contributed by atoms with Crippen LogP contribution in [-0.4, -0.2) is 47.8 Å². The van der Waals surface area contributed by atoms with Gasteiger partial charge in [0.05, 0.1) is 12.2 Å². The number of hydrogen-bond acceptors (Lipinski definition) is 4. The average molecular weight is 271 g/mol. The number of rotatable bonds is 6. The molecule has 2 atom stereocenters. The number of oxime groups is 1. The second-order valence-corrected chi connectivity index (χ2v) is 6.34. The molecule has 1 rings (SSSR count). The summed E-state index contributed by atoms with van der Waals surface area (Å²) in [6.07, 6.45) is 3.83. The molecule has 0 aromatic carbocycles. The third-order valence-electron chi connectivity index (χ3n) is 3.82. The summed E-state index contributed by atoms with van der Waals surface area (Å²) >= 11 is 0. The van der Waals surface area contributed by atoms with E-state index in [0.717, 1.165) is 38.9 Å². The van der Waals surface area contributed by atoms with Crippen molar-refractivity contribution in [2.75, 3.05) is 19.6 Å². The van der Waals surface area contributed by atoms with E-state index in [1.165, 1.54) is 0 Å². The van der Waals surface area contributed by atoms with Gasteiger partial charge < -0.3 is 15.7 Å². The van der Waals surface area contributed by atoms with Crippen molar-refractivity contribution in [3.8, 4) is 0 Å². The summed E-state index contributed by atoms with van der Waals surface area (Å²) in [4.78, 5) is 2.47. The molecule has 1 aliphatic rings. The number of nitrogens with zero attached hydrogens (tertiary/aromatic N) is 2. The van der Waals surface area contributed by atoms with Gasteiger partial charge in [-0.2, -0.15) is 0 Å². The Bertz CT molecular complexity index is 295. The lowest BCUT2D eigenvalue weighted by molar-refractivity contribution is -0.0682. The molecule has 0 radical (unpaired) electrons. The fourth-order valence-corrected chi connectivity index (χ4v) is 2.63. The molecule has 0 aromatic heterocycles. The van der Waals surface area contributed by atoms with Crippen LogP contribution in [0.1, 0.15) is 47.0 Å². The van der Waals surface area contributed by atoms with E-state index in [0.29, 0.717) is 18.0 Å². The van der Waals surface area contributed by atoms with Crippen molar-refractivity contribution in [2.45, 2.75) is 59.2 Å². The molecular weight excluding hydrogens is 242 g/mol. The lowest BCUT2D eigenvalue weighted by Crippen LogP contribution is -2.45. The highest BCUT2D eigenvalue weighted by molar-refractivity contribution is 5.85. The van der Waals surface area contributed by atoms with E-state index in [2.05, 4.69) is 23.9 Å². The topological polar surface area (TPSA) is 71.1 Å². The minimum absolute atomic E-state index is 0.222. The Kier molecular flexibility index (Phi) is 6.07. The summed E-state index contributed by atoms with van der Waals surface area (Å²) in [5.41, 5.74) is 5.46. The van der Waals surface area contributed by atoms with E-state index in [1.807, 2.05) is 13.8 Å².